The molecule has 1 unspecified atom stereocenters. The SMILES string of the molecule is CCc1ccc(S(=O)(=O)Cl)cc1C(=O)OCC1CCCO1. The van der Waals surface area contributed by atoms with Crippen molar-refractivity contribution >= 4 is 25.7 Å². The van der Waals surface area contributed by atoms with E-state index in [1.54, 1.807) is 6.07 Å². The van der Waals surface area contributed by atoms with Crippen molar-refractivity contribution in [3.63, 3.8) is 0 Å². The molecule has 1 atom stereocenters. The zero-order valence-electron chi connectivity index (χ0n) is 11.7. The van der Waals surface area contributed by atoms with Crippen LogP contribution in [0, 0.1) is 0 Å². The number of hydrogen-bond donors (Lipinski definition) is 0. The number of esters is 1. The maximum Gasteiger partial charge on any atom is 0.338 e. The van der Waals surface area contributed by atoms with Gasteiger partial charge in [-0.3, -0.25) is 0 Å². The molecule has 7 heteroatoms. The molecule has 1 aromatic carbocycles. The summed E-state index contributed by atoms with van der Waals surface area (Å²) in [6.07, 6.45) is 2.35. The van der Waals surface area contributed by atoms with Gasteiger partial charge in [-0.2, -0.15) is 0 Å². The largest absolute Gasteiger partial charge is 0.459 e. The molecule has 0 spiro atoms. The van der Waals surface area contributed by atoms with Gasteiger partial charge in [-0.05, 0) is 37.0 Å². The van der Waals surface area contributed by atoms with Crippen LogP contribution in [0.25, 0.3) is 0 Å². The van der Waals surface area contributed by atoms with Crippen LogP contribution >= 0.6 is 10.7 Å². The molecule has 1 aliphatic rings. The number of aryl methyl sites for hydroxylation is 1. The highest BCUT2D eigenvalue weighted by Gasteiger charge is 2.21. The van der Waals surface area contributed by atoms with Crippen molar-refractivity contribution in [1.29, 1.82) is 0 Å². The highest BCUT2D eigenvalue weighted by atomic mass is 35.7. The fraction of sp³-hybridized carbons (Fsp3) is 0.500. The smallest absolute Gasteiger partial charge is 0.338 e. The first kappa shape index (κ1) is 16.3. The van der Waals surface area contributed by atoms with Gasteiger partial charge in [0, 0.05) is 17.3 Å². The molecule has 0 radical (unpaired) electrons. The zero-order chi connectivity index (χ0) is 15.5. The number of rotatable bonds is 5. The standard InChI is InChI=1S/C14H17ClO5S/c1-2-10-5-6-12(21(15,17)18)8-13(10)14(16)20-9-11-4-3-7-19-11/h5-6,8,11H,2-4,7,9H2,1H3. The molecule has 21 heavy (non-hydrogen) atoms. The Kier molecular flexibility index (Phi) is 5.24. The summed E-state index contributed by atoms with van der Waals surface area (Å²) in [6, 6.07) is 4.23. The molecule has 1 heterocycles. The first-order chi connectivity index (χ1) is 9.91. The number of carbonyl (C=O) groups is 1. The van der Waals surface area contributed by atoms with Crippen LogP contribution in [0.3, 0.4) is 0 Å². The average Bonchev–Trinajstić information content (AvgIpc) is 2.96. The third-order valence-electron chi connectivity index (χ3n) is 3.39. The van der Waals surface area contributed by atoms with E-state index in [1.165, 1.54) is 12.1 Å². The summed E-state index contributed by atoms with van der Waals surface area (Å²) < 4.78 is 33.3. The Labute approximate surface area is 128 Å². The summed E-state index contributed by atoms with van der Waals surface area (Å²) in [4.78, 5) is 12.0. The molecule has 1 saturated heterocycles. The first-order valence-electron chi connectivity index (χ1n) is 6.78. The van der Waals surface area contributed by atoms with E-state index in [9.17, 15) is 13.2 Å². The number of ether oxygens (including phenoxy) is 2. The first-order valence-corrected chi connectivity index (χ1v) is 9.09. The molecule has 0 saturated carbocycles. The highest BCUT2D eigenvalue weighted by molar-refractivity contribution is 8.13. The molecule has 1 aliphatic heterocycles. The maximum atomic E-state index is 12.1. The minimum absolute atomic E-state index is 0.0704. The molecule has 0 bridgehead atoms. The third-order valence-corrected chi connectivity index (χ3v) is 4.74. The van der Waals surface area contributed by atoms with Gasteiger partial charge in [0.25, 0.3) is 9.05 Å². The normalized spacial score (nSPS) is 18.7. The lowest BCUT2D eigenvalue weighted by molar-refractivity contribution is 0.0160. The molecule has 1 aromatic rings. The van der Waals surface area contributed by atoms with E-state index in [4.69, 9.17) is 20.2 Å². The molecule has 2 rings (SSSR count). The summed E-state index contributed by atoms with van der Waals surface area (Å²) in [5.41, 5.74) is 0.952. The minimum atomic E-state index is -3.87. The number of hydrogen-bond acceptors (Lipinski definition) is 5. The Morgan fingerprint density at radius 1 is 1.48 bits per heavy atom. The molecule has 116 valence electrons. The van der Waals surface area contributed by atoms with Crippen molar-refractivity contribution in [2.75, 3.05) is 13.2 Å². The van der Waals surface area contributed by atoms with Crippen LogP contribution in [-0.4, -0.2) is 33.7 Å². The van der Waals surface area contributed by atoms with Crippen LogP contribution in [0.5, 0.6) is 0 Å². The lowest BCUT2D eigenvalue weighted by Gasteiger charge is -2.12. The van der Waals surface area contributed by atoms with Gasteiger partial charge in [-0.1, -0.05) is 13.0 Å². The summed E-state index contributed by atoms with van der Waals surface area (Å²) in [6.45, 7) is 2.74. The van der Waals surface area contributed by atoms with Gasteiger partial charge in [-0.15, -0.1) is 0 Å². The van der Waals surface area contributed by atoms with E-state index < -0.39 is 15.0 Å². The zero-order valence-corrected chi connectivity index (χ0v) is 13.2. The van der Waals surface area contributed by atoms with Gasteiger partial charge < -0.3 is 9.47 Å². The predicted molar refractivity (Wildman–Crippen MR) is 78.1 cm³/mol. The Morgan fingerprint density at radius 2 is 2.24 bits per heavy atom. The monoisotopic (exact) mass is 332 g/mol. The Balaban J connectivity index is 2.17. The van der Waals surface area contributed by atoms with Crippen LogP contribution in [0.4, 0.5) is 0 Å². The summed E-state index contributed by atoms with van der Waals surface area (Å²) in [5, 5.41) is 0. The van der Waals surface area contributed by atoms with Gasteiger partial charge in [0.1, 0.15) is 6.61 Å². The van der Waals surface area contributed by atoms with Gasteiger partial charge in [0.05, 0.1) is 16.6 Å². The Morgan fingerprint density at radius 3 is 2.81 bits per heavy atom. The van der Waals surface area contributed by atoms with E-state index in [2.05, 4.69) is 0 Å². The Bertz CT molecular complexity index is 620. The van der Waals surface area contributed by atoms with Crippen molar-refractivity contribution in [2.45, 2.75) is 37.2 Å². The van der Waals surface area contributed by atoms with E-state index in [0.717, 1.165) is 18.4 Å². The summed E-state index contributed by atoms with van der Waals surface area (Å²) in [7, 11) is 1.44. The predicted octanol–water partition coefficient (Wildman–Crippen LogP) is 2.51. The van der Waals surface area contributed by atoms with Crippen molar-refractivity contribution in [2.24, 2.45) is 0 Å². The average molecular weight is 333 g/mol. The fourth-order valence-electron chi connectivity index (χ4n) is 2.23. The lowest BCUT2D eigenvalue weighted by atomic mass is 10.1. The molecule has 0 N–H and O–H groups in total. The fourth-order valence-corrected chi connectivity index (χ4v) is 3.00. The van der Waals surface area contributed by atoms with Gasteiger partial charge in [0.2, 0.25) is 0 Å². The second-order valence-electron chi connectivity index (χ2n) is 4.84. The van der Waals surface area contributed by atoms with Crippen molar-refractivity contribution in [3.8, 4) is 0 Å². The molecule has 1 fully saturated rings. The molecule has 5 nitrogen and oxygen atoms in total. The minimum Gasteiger partial charge on any atom is -0.459 e. The summed E-state index contributed by atoms with van der Waals surface area (Å²) in [5.74, 6) is -0.551. The summed E-state index contributed by atoms with van der Waals surface area (Å²) >= 11 is 0. The van der Waals surface area contributed by atoms with E-state index in [1.807, 2.05) is 6.92 Å². The highest BCUT2D eigenvalue weighted by Crippen LogP contribution is 2.21. The van der Waals surface area contributed by atoms with Gasteiger partial charge in [0.15, 0.2) is 0 Å². The molecular weight excluding hydrogens is 316 g/mol. The second-order valence-corrected chi connectivity index (χ2v) is 7.41. The third kappa shape index (κ3) is 4.18. The molecule has 0 aliphatic carbocycles. The Hall–Kier alpha value is -1.11. The van der Waals surface area contributed by atoms with Crippen molar-refractivity contribution < 1.29 is 22.7 Å². The quantitative estimate of drug-likeness (QED) is 0.612. The second kappa shape index (κ2) is 6.77. The van der Waals surface area contributed by atoms with Crippen LogP contribution < -0.4 is 0 Å². The van der Waals surface area contributed by atoms with Gasteiger partial charge in [-0.25, -0.2) is 13.2 Å². The van der Waals surface area contributed by atoms with E-state index in [0.29, 0.717) is 13.0 Å². The van der Waals surface area contributed by atoms with Crippen LogP contribution in [0.15, 0.2) is 23.1 Å². The van der Waals surface area contributed by atoms with E-state index in [-0.39, 0.29) is 23.2 Å². The maximum absolute atomic E-state index is 12.1. The molecule has 0 aromatic heterocycles. The molecular formula is C14H17ClO5S. The lowest BCUT2D eigenvalue weighted by Crippen LogP contribution is -2.19. The number of halogens is 1. The number of benzene rings is 1. The van der Waals surface area contributed by atoms with Gasteiger partial charge >= 0.3 is 5.97 Å². The van der Waals surface area contributed by atoms with Crippen LogP contribution in [0.2, 0.25) is 0 Å². The van der Waals surface area contributed by atoms with E-state index >= 15 is 0 Å². The number of carbonyl (C=O) groups excluding carboxylic acids is 1. The van der Waals surface area contributed by atoms with Crippen molar-refractivity contribution in [1.82, 2.24) is 0 Å². The van der Waals surface area contributed by atoms with Crippen molar-refractivity contribution in [3.05, 3.63) is 29.3 Å². The van der Waals surface area contributed by atoms with Crippen LogP contribution in [-0.2, 0) is 24.9 Å². The molecule has 0 amide bonds. The van der Waals surface area contributed by atoms with Crippen LogP contribution in [0.1, 0.15) is 35.7 Å². The topological polar surface area (TPSA) is 69.7 Å².